The van der Waals surface area contributed by atoms with E-state index in [0.717, 1.165) is 23.0 Å². The zero-order valence-electron chi connectivity index (χ0n) is 16.5. The second-order valence-corrected chi connectivity index (χ2v) is 8.44. The van der Waals surface area contributed by atoms with Crippen LogP contribution in [0.2, 0.25) is 0 Å². The smallest absolute Gasteiger partial charge is 0.243 e. The van der Waals surface area contributed by atoms with Crippen molar-refractivity contribution in [3.05, 3.63) is 54.6 Å². The van der Waals surface area contributed by atoms with Crippen molar-refractivity contribution in [1.29, 1.82) is 0 Å². The van der Waals surface area contributed by atoms with Crippen LogP contribution in [0.1, 0.15) is 6.42 Å². The van der Waals surface area contributed by atoms with Crippen LogP contribution in [0.5, 0.6) is 5.75 Å². The van der Waals surface area contributed by atoms with Gasteiger partial charge in [-0.1, -0.05) is 18.2 Å². The largest absolute Gasteiger partial charge is 0.497 e. The number of nitrogens with zero attached hydrogens (tertiary/aromatic N) is 2. The molecule has 0 unspecified atom stereocenters. The van der Waals surface area contributed by atoms with Gasteiger partial charge in [0.05, 0.1) is 18.6 Å². The van der Waals surface area contributed by atoms with Crippen molar-refractivity contribution in [1.82, 2.24) is 9.62 Å². The molecule has 1 N–H and O–H groups in total. The monoisotopic (exact) mass is 405 g/mol. The molecule has 1 amide bonds. The number of hydrogen-bond donors (Lipinski definition) is 1. The summed E-state index contributed by atoms with van der Waals surface area (Å²) >= 11 is 0. The number of anilines is 1. The highest BCUT2D eigenvalue weighted by Crippen LogP contribution is 2.18. The number of sulfonamides is 1. The zero-order chi connectivity index (χ0) is 20.6. The Hall–Kier alpha value is -2.58. The fraction of sp³-hybridized carbons (Fsp3) is 0.350. The molecule has 0 aliphatic carbocycles. The van der Waals surface area contributed by atoms with E-state index in [-0.39, 0.29) is 17.3 Å². The van der Waals surface area contributed by atoms with Gasteiger partial charge in [-0.05, 0) is 42.8 Å². The number of ether oxygens (including phenoxy) is 1. The van der Waals surface area contributed by atoms with Crippen LogP contribution in [0.3, 0.4) is 0 Å². The molecule has 28 heavy (non-hydrogen) atoms. The van der Waals surface area contributed by atoms with Gasteiger partial charge in [0, 0.05) is 32.9 Å². The highest BCUT2D eigenvalue weighted by atomic mass is 32.2. The lowest BCUT2D eigenvalue weighted by Crippen LogP contribution is -2.39. The Balaban J connectivity index is 1.78. The molecule has 7 nitrogen and oxygen atoms in total. The van der Waals surface area contributed by atoms with Gasteiger partial charge in [0.25, 0.3) is 0 Å². The van der Waals surface area contributed by atoms with E-state index >= 15 is 0 Å². The summed E-state index contributed by atoms with van der Waals surface area (Å²) in [6, 6.07) is 16.0. The lowest BCUT2D eigenvalue weighted by Gasteiger charge is -2.20. The normalized spacial score (nSPS) is 11.3. The van der Waals surface area contributed by atoms with Crippen LogP contribution in [0.4, 0.5) is 5.69 Å². The van der Waals surface area contributed by atoms with Crippen molar-refractivity contribution in [3.63, 3.8) is 0 Å². The fourth-order valence-electron chi connectivity index (χ4n) is 2.63. The molecule has 8 heteroatoms. The summed E-state index contributed by atoms with van der Waals surface area (Å²) in [5, 5.41) is 2.77. The van der Waals surface area contributed by atoms with Crippen molar-refractivity contribution in [2.75, 3.05) is 45.7 Å². The van der Waals surface area contributed by atoms with E-state index in [0.29, 0.717) is 12.3 Å². The Morgan fingerprint density at radius 3 is 2.29 bits per heavy atom. The number of para-hydroxylation sites is 1. The van der Waals surface area contributed by atoms with Gasteiger partial charge in [0.2, 0.25) is 15.9 Å². The Kier molecular flexibility index (Phi) is 7.83. The Bertz CT molecular complexity index is 855. The summed E-state index contributed by atoms with van der Waals surface area (Å²) in [4.78, 5) is 14.3. The van der Waals surface area contributed by atoms with E-state index in [4.69, 9.17) is 4.74 Å². The Morgan fingerprint density at radius 2 is 1.68 bits per heavy atom. The summed E-state index contributed by atoms with van der Waals surface area (Å²) in [6.07, 6.45) is 0.756. The molecule has 2 rings (SSSR count). The number of benzene rings is 2. The number of carbonyl (C=O) groups is 1. The van der Waals surface area contributed by atoms with Gasteiger partial charge in [-0.2, -0.15) is 4.31 Å². The van der Waals surface area contributed by atoms with Crippen LogP contribution >= 0.6 is 0 Å². The summed E-state index contributed by atoms with van der Waals surface area (Å²) in [5.41, 5.74) is 1.11. The van der Waals surface area contributed by atoms with E-state index in [2.05, 4.69) is 10.2 Å². The third-order valence-corrected chi connectivity index (χ3v) is 6.14. The molecular formula is C20H27N3O4S. The number of hydrogen-bond acceptors (Lipinski definition) is 5. The van der Waals surface area contributed by atoms with E-state index in [1.165, 1.54) is 26.3 Å². The van der Waals surface area contributed by atoms with Crippen LogP contribution in [0.25, 0.3) is 0 Å². The summed E-state index contributed by atoms with van der Waals surface area (Å²) in [7, 11) is 1.16. The molecule has 0 saturated heterocycles. The van der Waals surface area contributed by atoms with Crippen LogP contribution in [-0.4, -0.2) is 59.5 Å². The first-order valence-electron chi connectivity index (χ1n) is 8.98. The molecule has 0 radical (unpaired) electrons. The van der Waals surface area contributed by atoms with Gasteiger partial charge in [0.15, 0.2) is 0 Å². The Labute approximate surface area is 167 Å². The van der Waals surface area contributed by atoms with Crippen LogP contribution in [0, 0.1) is 0 Å². The maximum Gasteiger partial charge on any atom is 0.243 e. The molecule has 0 aliphatic heterocycles. The minimum absolute atomic E-state index is 0.119. The quantitative estimate of drug-likeness (QED) is 0.612. The predicted octanol–water partition coefficient (Wildman–Crippen LogP) is 1.96. The summed E-state index contributed by atoms with van der Waals surface area (Å²) in [6.45, 7) is 1.03. The van der Waals surface area contributed by atoms with Crippen molar-refractivity contribution >= 4 is 21.6 Å². The minimum atomic E-state index is -3.73. The van der Waals surface area contributed by atoms with Gasteiger partial charge in [-0.3, -0.25) is 4.79 Å². The molecule has 0 aromatic heterocycles. The van der Waals surface area contributed by atoms with E-state index in [9.17, 15) is 13.2 Å². The van der Waals surface area contributed by atoms with Gasteiger partial charge < -0.3 is 15.0 Å². The molecule has 0 bridgehead atoms. The predicted molar refractivity (Wildman–Crippen MR) is 110 cm³/mol. The number of carbonyl (C=O) groups excluding carboxylic acids is 1. The minimum Gasteiger partial charge on any atom is -0.497 e. The maximum absolute atomic E-state index is 12.5. The van der Waals surface area contributed by atoms with E-state index in [1.54, 1.807) is 12.1 Å². The maximum atomic E-state index is 12.5. The zero-order valence-corrected chi connectivity index (χ0v) is 17.3. The van der Waals surface area contributed by atoms with Crippen molar-refractivity contribution < 1.29 is 17.9 Å². The SMILES string of the molecule is COc1ccc(S(=O)(=O)N(C)CC(=O)NCCCN(C)c2ccccc2)cc1. The standard InChI is InChI=1S/C20H27N3O4S/c1-22(17-8-5-4-6-9-17)15-7-14-21-20(24)16-23(2)28(25,26)19-12-10-18(27-3)11-13-19/h4-6,8-13H,7,14-16H2,1-3H3,(H,21,24). The third kappa shape index (κ3) is 5.97. The molecule has 2 aromatic rings. The lowest BCUT2D eigenvalue weighted by atomic mass is 10.3. The molecule has 2 aromatic carbocycles. The van der Waals surface area contributed by atoms with Crippen LogP contribution < -0.4 is 15.0 Å². The second kappa shape index (κ2) is 10.1. The first-order valence-corrected chi connectivity index (χ1v) is 10.4. The number of nitrogens with one attached hydrogen (secondary N) is 1. The topological polar surface area (TPSA) is 79.0 Å². The first-order chi connectivity index (χ1) is 13.3. The molecule has 0 saturated carbocycles. The molecule has 0 fully saturated rings. The fourth-order valence-corrected chi connectivity index (χ4v) is 3.75. The van der Waals surface area contributed by atoms with Crippen LogP contribution in [-0.2, 0) is 14.8 Å². The Morgan fingerprint density at radius 1 is 1.04 bits per heavy atom. The highest BCUT2D eigenvalue weighted by Gasteiger charge is 2.22. The lowest BCUT2D eigenvalue weighted by molar-refractivity contribution is -0.121. The van der Waals surface area contributed by atoms with E-state index < -0.39 is 10.0 Å². The van der Waals surface area contributed by atoms with Gasteiger partial charge >= 0.3 is 0 Å². The summed E-state index contributed by atoms with van der Waals surface area (Å²) < 4.78 is 31.2. The molecular weight excluding hydrogens is 378 g/mol. The van der Waals surface area contributed by atoms with Crippen molar-refractivity contribution in [2.45, 2.75) is 11.3 Å². The molecule has 0 aliphatic rings. The second-order valence-electron chi connectivity index (χ2n) is 6.40. The number of methoxy groups -OCH3 is 1. The van der Waals surface area contributed by atoms with Gasteiger partial charge in [-0.25, -0.2) is 8.42 Å². The number of rotatable bonds is 10. The molecule has 0 heterocycles. The van der Waals surface area contributed by atoms with E-state index in [1.807, 2.05) is 37.4 Å². The first kappa shape index (κ1) is 21.7. The van der Waals surface area contributed by atoms with Gasteiger partial charge in [0.1, 0.15) is 5.75 Å². The average Bonchev–Trinajstić information content (AvgIpc) is 2.71. The molecule has 152 valence electrons. The third-order valence-electron chi connectivity index (χ3n) is 4.32. The number of amides is 1. The summed E-state index contributed by atoms with van der Waals surface area (Å²) in [5.74, 6) is 0.238. The molecule has 0 spiro atoms. The highest BCUT2D eigenvalue weighted by molar-refractivity contribution is 7.89. The average molecular weight is 406 g/mol. The van der Waals surface area contributed by atoms with Crippen molar-refractivity contribution in [2.24, 2.45) is 0 Å². The van der Waals surface area contributed by atoms with Crippen molar-refractivity contribution in [3.8, 4) is 5.75 Å². The van der Waals surface area contributed by atoms with Crippen LogP contribution in [0.15, 0.2) is 59.5 Å². The number of likely N-dealkylation sites (N-methyl/N-ethyl adjacent to an activating group) is 1. The van der Waals surface area contributed by atoms with Gasteiger partial charge in [-0.15, -0.1) is 0 Å². The molecule has 0 atom stereocenters.